The minimum Gasteiger partial charge on any atom is -0.333 e. The molecule has 1 aromatic heterocycles. The van der Waals surface area contributed by atoms with Crippen LogP contribution in [0.15, 0.2) is 24.3 Å². The highest BCUT2D eigenvalue weighted by Gasteiger charge is 2.24. The Morgan fingerprint density at radius 3 is 2.67 bits per heavy atom. The molecule has 0 radical (unpaired) electrons. The van der Waals surface area contributed by atoms with Crippen LogP contribution in [-0.4, -0.2) is 46.3 Å². The van der Waals surface area contributed by atoms with Crippen molar-refractivity contribution in [2.45, 2.75) is 26.8 Å². The standard InChI is InChI=1S/C17H21FN4O.ClH/c1-11-8-12(2)22(20-11)16-5-4-14(9-15(16)18)17(23)21-7-6-19-10-13(21)3;/h4-5,8-9,13,19H,6-7,10H2,1-3H3;1H/t13-;/m1./s1. The van der Waals surface area contributed by atoms with E-state index in [4.69, 9.17) is 0 Å². The lowest BCUT2D eigenvalue weighted by molar-refractivity contribution is 0.0655. The number of piperazine rings is 1. The van der Waals surface area contributed by atoms with Crippen molar-refractivity contribution in [1.82, 2.24) is 20.0 Å². The van der Waals surface area contributed by atoms with Crippen LogP contribution >= 0.6 is 12.4 Å². The molecule has 5 nitrogen and oxygen atoms in total. The van der Waals surface area contributed by atoms with Gasteiger partial charge in [-0.05, 0) is 45.0 Å². The van der Waals surface area contributed by atoms with Crippen molar-refractivity contribution >= 4 is 18.3 Å². The monoisotopic (exact) mass is 352 g/mol. The van der Waals surface area contributed by atoms with Gasteiger partial charge in [0.25, 0.3) is 5.91 Å². The maximum absolute atomic E-state index is 14.5. The fourth-order valence-electron chi connectivity index (χ4n) is 2.99. The third kappa shape index (κ3) is 3.44. The van der Waals surface area contributed by atoms with Crippen LogP contribution in [0.3, 0.4) is 0 Å². The second-order valence-corrected chi connectivity index (χ2v) is 6.06. The van der Waals surface area contributed by atoms with Crippen LogP contribution in [0.25, 0.3) is 5.69 Å². The quantitative estimate of drug-likeness (QED) is 0.903. The molecule has 1 aliphatic rings. The second-order valence-electron chi connectivity index (χ2n) is 6.06. The molecule has 2 aromatic rings. The van der Waals surface area contributed by atoms with Gasteiger partial charge in [0.05, 0.1) is 5.69 Å². The summed E-state index contributed by atoms with van der Waals surface area (Å²) in [5.74, 6) is -0.567. The molecule has 2 heterocycles. The number of benzene rings is 1. The van der Waals surface area contributed by atoms with Gasteiger partial charge in [-0.3, -0.25) is 4.79 Å². The first-order chi connectivity index (χ1) is 11.0. The summed E-state index contributed by atoms with van der Waals surface area (Å²) in [7, 11) is 0. The van der Waals surface area contributed by atoms with E-state index in [1.54, 1.807) is 21.7 Å². The molecule has 1 N–H and O–H groups in total. The summed E-state index contributed by atoms with van der Waals surface area (Å²) in [6.07, 6.45) is 0. The van der Waals surface area contributed by atoms with Gasteiger partial charge < -0.3 is 10.2 Å². The Balaban J connectivity index is 0.00000208. The van der Waals surface area contributed by atoms with Gasteiger partial charge in [0.1, 0.15) is 11.5 Å². The molecule has 1 fully saturated rings. The minimum atomic E-state index is -0.440. The van der Waals surface area contributed by atoms with Crippen molar-refractivity contribution in [2.24, 2.45) is 0 Å². The Labute approximate surface area is 147 Å². The van der Waals surface area contributed by atoms with Crippen molar-refractivity contribution in [3.8, 4) is 5.69 Å². The first-order valence-electron chi connectivity index (χ1n) is 7.82. The summed E-state index contributed by atoms with van der Waals surface area (Å²) in [5, 5.41) is 7.53. The molecule has 0 spiro atoms. The van der Waals surface area contributed by atoms with E-state index in [2.05, 4.69) is 10.4 Å². The van der Waals surface area contributed by atoms with Crippen LogP contribution in [-0.2, 0) is 0 Å². The van der Waals surface area contributed by atoms with Gasteiger partial charge in [-0.25, -0.2) is 9.07 Å². The van der Waals surface area contributed by atoms with Gasteiger partial charge in [-0.15, -0.1) is 12.4 Å². The predicted octanol–water partition coefficient (Wildman–Crippen LogP) is 2.48. The van der Waals surface area contributed by atoms with Crippen LogP contribution in [0, 0.1) is 19.7 Å². The van der Waals surface area contributed by atoms with Crippen molar-refractivity contribution in [3.05, 3.63) is 47.0 Å². The van der Waals surface area contributed by atoms with Gasteiger partial charge >= 0.3 is 0 Å². The highest BCUT2D eigenvalue weighted by atomic mass is 35.5. The van der Waals surface area contributed by atoms with Crippen molar-refractivity contribution in [2.75, 3.05) is 19.6 Å². The molecule has 7 heteroatoms. The van der Waals surface area contributed by atoms with E-state index in [-0.39, 0.29) is 24.4 Å². The molecule has 1 atom stereocenters. The van der Waals surface area contributed by atoms with E-state index in [0.717, 1.165) is 24.5 Å². The Kier molecular flexibility index (Phi) is 5.62. The molecule has 0 unspecified atom stereocenters. The fraction of sp³-hybridized carbons (Fsp3) is 0.412. The Morgan fingerprint density at radius 2 is 2.08 bits per heavy atom. The van der Waals surface area contributed by atoms with Crippen LogP contribution in [0.1, 0.15) is 28.7 Å². The molecule has 3 rings (SSSR count). The number of nitrogens with one attached hydrogen (secondary N) is 1. The summed E-state index contributed by atoms with van der Waals surface area (Å²) in [4.78, 5) is 14.4. The Bertz CT molecular complexity index is 746. The third-order valence-corrected chi connectivity index (χ3v) is 4.19. The summed E-state index contributed by atoms with van der Waals surface area (Å²) >= 11 is 0. The lowest BCUT2D eigenvalue weighted by atomic mass is 10.1. The minimum absolute atomic E-state index is 0. The predicted molar refractivity (Wildman–Crippen MR) is 93.6 cm³/mol. The number of carbonyl (C=O) groups is 1. The first kappa shape index (κ1) is 18.4. The van der Waals surface area contributed by atoms with Crippen molar-refractivity contribution < 1.29 is 9.18 Å². The van der Waals surface area contributed by atoms with Crippen LogP contribution in [0.2, 0.25) is 0 Å². The largest absolute Gasteiger partial charge is 0.333 e. The molecule has 0 aliphatic carbocycles. The van der Waals surface area contributed by atoms with Gasteiger partial charge in [0.2, 0.25) is 0 Å². The number of aryl methyl sites for hydroxylation is 2. The molecular weight excluding hydrogens is 331 g/mol. The normalized spacial score (nSPS) is 17.5. The summed E-state index contributed by atoms with van der Waals surface area (Å²) in [6, 6.07) is 6.60. The Hall–Kier alpha value is -1.92. The van der Waals surface area contributed by atoms with Crippen LogP contribution < -0.4 is 5.32 Å². The molecule has 24 heavy (non-hydrogen) atoms. The average molecular weight is 353 g/mol. The third-order valence-electron chi connectivity index (χ3n) is 4.19. The zero-order valence-corrected chi connectivity index (χ0v) is 14.9. The number of halogens is 2. The summed E-state index contributed by atoms with van der Waals surface area (Å²) < 4.78 is 16.1. The number of rotatable bonds is 2. The summed E-state index contributed by atoms with van der Waals surface area (Å²) in [5.41, 5.74) is 2.43. The second kappa shape index (κ2) is 7.32. The zero-order chi connectivity index (χ0) is 16.6. The lowest BCUT2D eigenvalue weighted by Gasteiger charge is -2.34. The molecule has 1 amide bonds. The molecule has 1 saturated heterocycles. The number of carbonyl (C=O) groups excluding carboxylic acids is 1. The number of hydrogen-bond donors (Lipinski definition) is 1. The molecular formula is C17H22ClFN4O. The molecule has 1 aliphatic heterocycles. The van der Waals surface area contributed by atoms with Crippen LogP contribution in [0.5, 0.6) is 0 Å². The van der Waals surface area contributed by atoms with Gasteiger partial charge in [0, 0.05) is 36.9 Å². The topological polar surface area (TPSA) is 50.2 Å². The molecule has 0 saturated carbocycles. The molecule has 0 bridgehead atoms. The van der Waals surface area contributed by atoms with E-state index in [9.17, 15) is 9.18 Å². The summed E-state index contributed by atoms with van der Waals surface area (Å²) in [6.45, 7) is 7.90. The number of amides is 1. The fourth-order valence-corrected chi connectivity index (χ4v) is 2.99. The smallest absolute Gasteiger partial charge is 0.254 e. The van der Waals surface area contributed by atoms with E-state index < -0.39 is 5.82 Å². The highest BCUT2D eigenvalue weighted by molar-refractivity contribution is 5.94. The Morgan fingerprint density at radius 1 is 1.33 bits per heavy atom. The van der Waals surface area contributed by atoms with Gasteiger partial charge in [-0.1, -0.05) is 0 Å². The zero-order valence-electron chi connectivity index (χ0n) is 14.0. The first-order valence-corrected chi connectivity index (χ1v) is 7.82. The number of hydrogen-bond acceptors (Lipinski definition) is 3. The highest BCUT2D eigenvalue weighted by Crippen LogP contribution is 2.19. The van der Waals surface area contributed by atoms with Crippen LogP contribution in [0.4, 0.5) is 4.39 Å². The van der Waals surface area contributed by atoms with Gasteiger partial charge in [0.15, 0.2) is 0 Å². The molecule has 1 aromatic carbocycles. The maximum Gasteiger partial charge on any atom is 0.254 e. The number of aromatic nitrogens is 2. The maximum atomic E-state index is 14.5. The molecule has 130 valence electrons. The van der Waals surface area contributed by atoms with Gasteiger partial charge in [-0.2, -0.15) is 5.10 Å². The lowest BCUT2D eigenvalue weighted by Crippen LogP contribution is -2.52. The van der Waals surface area contributed by atoms with E-state index in [1.165, 1.54) is 6.07 Å². The van der Waals surface area contributed by atoms with E-state index in [1.807, 2.05) is 26.8 Å². The van der Waals surface area contributed by atoms with Crippen molar-refractivity contribution in [1.29, 1.82) is 0 Å². The van der Waals surface area contributed by atoms with Crippen molar-refractivity contribution in [3.63, 3.8) is 0 Å². The number of nitrogens with zero attached hydrogens (tertiary/aromatic N) is 3. The van der Waals surface area contributed by atoms with E-state index in [0.29, 0.717) is 17.8 Å². The van der Waals surface area contributed by atoms with E-state index >= 15 is 0 Å². The SMILES string of the molecule is Cc1cc(C)n(-c2ccc(C(=O)N3CCNC[C@H]3C)cc2F)n1.Cl. The average Bonchev–Trinajstić information content (AvgIpc) is 2.85.